The Morgan fingerprint density at radius 3 is 2.93 bits per heavy atom. The number of piperidine rings is 1. The Labute approximate surface area is 171 Å². The van der Waals surface area contributed by atoms with E-state index in [2.05, 4.69) is 20.5 Å². The van der Waals surface area contributed by atoms with Crippen molar-refractivity contribution in [1.29, 1.82) is 0 Å². The molecule has 0 radical (unpaired) electrons. The molecule has 3 aromatic heterocycles. The van der Waals surface area contributed by atoms with Gasteiger partial charge < -0.3 is 5.32 Å². The van der Waals surface area contributed by atoms with Gasteiger partial charge in [-0.05, 0) is 56.5 Å². The summed E-state index contributed by atoms with van der Waals surface area (Å²) < 4.78 is 18.3. The van der Waals surface area contributed by atoms with Gasteiger partial charge in [0.2, 0.25) is 0 Å². The van der Waals surface area contributed by atoms with Gasteiger partial charge in [-0.15, -0.1) is 0 Å². The molecular weight excluding hydrogens is 383 g/mol. The van der Waals surface area contributed by atoms with Crippen molar-refractivity contribution in [3.63, 3.8) is 0 Å². The monoisotopic (exact) mass is 404 g/mol. The molecule has 1 aliphatic carbocycles. The third kappa shape index (κ3) is 2.74. The maximum atomic E-state index is 15.1. The number of halogens is 1. The lowest BCUT2D eigenvalue weighted by atomic mass is 9.97. The normalized spacial score (nSPS) is 20.3. The Kier molecular flexibility index (Phi) is 3.65. The fourth-order valence-electron chi connectivity index (χ4n) is 4.71. The van der Waals surface area contributed by atoms with Crippen molar-refractivity contribution < 1.29 is 4.39 Å². The van der Waals surface area contributed by atoms with Gasteiger partial charge in [-0.1, -0.05) is 0 Å². The van der Waals surface area contributed by atoms with Crippen LogP contribution in [0.3, 0.4) is 0 Å². The zero-order chi connectivity index (χ0) is 20.5. The van der Waals surface area contributed by atoms with Crippen LogP contribution < -0.4 is 10.9 Å². The average molecular weight is 404 g/mol. The zero-order valence-corrected chi connectivity index (χ0v) is 16.6. The first-order valence-electron chi connectivity index (χ1n) is 10.3. The number of nitrogens with one attached hydrogen (secondary N) is 1. The third-order valence-electron chi connectivity index (χ3n) is 6.44. The molecule has 1 N–H and O–H groups in total. The van der Waals surface area contributed by atoms with Crippen LogP contribution in [0.4, 0.5) is 4.39 Å². The third-order valence-corrected chi connectivity index (χ3v) is 6.44. The summed E-state index contributed by atoms with van der Waals surface area (Å²) in [4.78, 5) is 17.7. The zero-order valence-electron chi connectivity index (χ0n) is 16.6. The van der Waals surface area contributed by atoms with Gasteiger partial charge in [-0.2, -0.15) is 10.2 Å². The Balaban J connectivity index is 1.44. The van der Waals surface area contributed by atoms with Gasteiger partial charge >= 0.3 is 0 Å². The van der Waals surface area contributed by atoms with Gasteiger partial charge in [0.25, 0.3) is 5.56 Å². The summed E-state index contributed by atoms with van der Waals surface area (Å²) in [5, 5.41) is 12.9. The summed E-state index contributed by atoms with van der Waals surface area (Å²) >= 11 is 0. The molecule has 152 valence electrons. The maximum Gasteiger partial charge on any atom is 0.277 e. The summed E-state index contributed by atoms with van der Waals surface area (Å²) in [7, 11) is 1.83. The molecule has 4 aromatic rings. The van der Waals surface area contributed by atoms with E-state index in [0.717, 1.165) is 43.3 Å². The highest BCUT2D eigenvalue weighted by molar-refractivity contribution is 5.87. The second kappa shape index (κ2) is 6.18. The molecule has 7 nitrogen and oxygen atoms in total. The summed E-state index contributed by atoms with van der Waals surface area (Å²) in [5.41, 5.74) is 2.58. The lowest BCUT2D eigenvalue weighted by Gasteiger charge is -2.30. The number of nitrogens with zero attached hydrogens (tertiary/aromatic N) is 5. The van der Waals surface area contributed by atoms with Gasteiger partial charge in [-0.25, -0.2) is 14.1 Å². The first-order chi connectivity index (χ1) is 14.5. The predicted octanol–water partition coefficient (Wildman–Crippen LogP) is 2.94. The summed E-state index contributed by atoms with van der Waals surface area (Å²) in [5.74, 6) is -0.535. The van der Waals surface area contributed by atoms with Crippen molar-refractivity contribution in [2.75, 3.05) is 6.54 Å². The molecule has 1 atom stereocenters. The van der Waals surface area contributed by atoms with Crippen LogP contribution in [0.25, 0.3) is 33.1 Å². The van der Waals surface area contributed by atoms with E-state index in [0.29, 0.717) is 16.6 Å². The summed E-state index contributed by atoms with van der Waals surface area (Å²) in [6.45, 7) is 0.862. The Hall–Kier alpha value is -3.13. The number of aromatic nitrogens is 5. The van der Waals surface area contributed by atoms with E-state index in [1.165, 1.54) is 10.7 Å². The quantitative estimate of drug-likeness (QED) is 0.556. The lowest BCUT2D eigenvalue weighted by Crippen LogP contribution is -2.43. The first kappa shape index (κ1) is 17.7. The van der Waals surface area contributed by atoms with E-state index >= 15 is 4.39 Å². The van der Waals surface area contributed by atoms with Gasteiger partial charge in [0, 0.05) is 23.5 Å². The van der Waals surface area contributed by atoms with E-state index in [1.54, 1.807) is 16.9 Å². The predicted molar refractivity (Wildman–Crippen MR) is 112 cm³/mol. The molecule has 4 heterocycles. The molecule has 0 bridgehead atoms. The van der Waals surface area contributed by atoms with Crippen molar-refractivity contribution in [2.45, 2.75) is 37.3 Å². The second-order valence-electron chi connectivity index (χ2n) is 8.57. The van der Waals surface area contributed by atoms with Crippen LogP contribution >= 0.6 is 0 Å². The summed E-state index contributed by atoms with van der Waals surface area (Å²) in [6, 6.07) is 6.87. The van der Waals surface area contributed by atoms with Gasteiger partial charge in [0.05, 0.1) is 29.5 Å². The van der Waals surface area contributed by atoms with Crippen LogP contribution in [-0.2, 0) is 7.05 Å². The number of aryl methyl sites for hydroxylation is 1. The molecular formula is C22H21FN6O. The topological polar surface area (TPSA) is 77.6 Å². The van der Waals surface area contributed by atoms with Gasteiger partial charge in [0.15, 0.2) is 0 Å². The lowest BCUT2D eigenvalue weighted by molar-refractivity contribution is 0.264. The molecule has 1 saturated carbocycles. The van der Waals surface area contributed by atoms with E-state index < -0.39 is 5.82 Å². The molecule has 1 aliphatic heterocycles. The summed E-state index contributed by atoms with van der Waals surface area (Å²) in [6.07, 6.45) is 7.40. The van der Waals surface area contributed by atoms with Crippen molar-refractivity contribution in [3.8, 4) is 11.3 Å². The van der Waals surface area contributed by atoms with Gasteiger partial charge in [-0.3, -0.25) is 9.48 Å². The molecule has 30 heavy (non-hydrogen) atoms. The molecule has 0 amide bonds. The average Bonchev–Trinajstić information content (AvgIpc) is 3.35. The van der Waals surface area contributed by atoms with Crippen molar-refractivity contribution >= 4 is 21.8 Å². The highest BCUT2D eigenvalue weighted by Crippen LogP contribution is 2.45. The van der Waals surface area contributed by atoms with Crippen LogP contribution in [0, 0.1) is 5.82 Å². The van der Waals surface area contributed by atoms with Crippen LogP contribution in [0.5, 0.6) is 0 Å². The number of hydrogen-bond acceptors (Lipinski definition) is 5. The van der Waals surface area contributed by atoms with E-state index in [1.807, 2.05) is 25.4 Å². The van der Waals surface area contributed by atoms with Gasteiger partial charge in [0.1, 0.15) is 16.9 Å². The van der Waals surface area contributed by atoms with E-state index in [-0.39, 0.29) is 22.5 Å². The second-order valence-corrected chi connectivity index (χ2v) is 8.57. The standard InChI is InChI=1S/C22H21FN6O/c1-28-12-19-18(27-28)3-2-17(26-19)13-8-14-11-25-29(21(30)20(14)16(23)9-13)15-4-7-24-22(10-15)5-6-22/h2-3,8-9,11-12,15,24H,4-7,10H2,1H3. The number of benzene rings is 1. The number of pyridine rings is 1. The fourth-order valence-corrected chi connectivity index (χ4v) is 4.71. The van der Waals surface area contributed by atoms with E-state index in [9.17, 15) is 4.79 Å². The molecule has 2 fully saturated rings. The van der Waals surface area contributed by atoms with Crippen molar-refractivity contribution in [3.05, 3.63) is 52.8 Å². The minimum absolute atomic E-state index is 0.0133. The first-order valence-corrected chi connectivity index (χ1v) is 10.3. The molecule has 1 unspecified atom stereocenters. The smallest absolute Gasteiger partial charge is 0.277 e. The van der Waals surface area contributed by atoms with E-state index in [4.69, 9.17) is 0 Å². The van der Waals surface area contributed by atoms with Crippen molar-refractivity contribution in [1.82, 2.24) is 29.9 Å². The Morgan fingerprint density at radius 1 is 1.23 bits per heavy atom. The molecule has 6 rings (SSSR count). The van der Waals surface area contributed by atoms with Crippen LogP contribution in [0.1, 0.15) is 31.7 Å². The van der Waals surface area contributed by atoms with Crippen LogP contribution in [0.2, 0.25) is 0 Å². The number of fused-ring (bicyclic) bond motifs is 2. The number of rotatable bonds is 2. The SMILES string of the molecule is Cn1cc2nc(-c3cc(F)c4c(=O)n(C5CCNC6(CC6)C5)ncc4c3)ccc2n1. The highest BCUT2D eigenvalue weighted by Gasteiger charge is 2.46. The molecule has 8 heteroatoms. The molecule has 1 saturated heterocycles. The largest absolute Gasteiger partial charge is 0.311 e. The maximum absolute atomic E-state index is 15.1. The number of hydrogen-bond donors (Lipinski definition) is 1. The minimum Gasteiger partial charge on any atom is -0.311 e. The van der Waals surface area contributed by atoms with Crippen LogP contribution in [0.15, 0.2) is 41.5 Å². The van der Waals surface area contributed by atoms with Crippen molar-refractivity contribution in [2.24, 2.45) is 7.05 Å². The minimum atomic E-state index is -0.535. The fraction of sp³-hybridized carbons (Fsp3) is 0.364. The highest BCUT2D eigenvalue weighted by atomic mass is 19.1. The Bertz CT molecular complexity index is 1370. The molecule has 1 spiro atoms. The van der Waals surface area contributed by atoms with Crippen LogP contribution in [-0.4, -0.2) is 36.6 Å². The molecule has 1 aromatic carbocycles. The Morgan fingerprint density at radius 2 is 2.10 bits per heavy atom. The molecule has 2 aliphatic rings.